The molecule has 29 heavy (non-hydrogen) atoms. The van der Waals surface area contributed by atoms with Crippen LogP contribution in [-0.2, 0) is 13.7 Å². The summed E-state index contributed by atoms with van der Waals surface area (Å²) in [5, 5.41) is 10.7. The molecule has 0 bridgehead atoms. The summed E-state index contributed by atoms with van der Waals surface area (Å²) in [6, 6.07) is 17.1. The molecule has 1 fully saturated rings. The van der Waals surface area contributed by atoms with Crippen molar-refractivity contribution in [2.75, 3.05) is 18.4 Å². The van der Waals surface area contributed by atoms with Crippen LogP contribution in [0.25, 0.3) is 0 Å². The van der Waals surface area contributed by atoms with Crippen LogP contribution in [0.5, 0.6) is 5.75 Å². The fourth-order valence-electron chi connectivity index (χ4n) is 3.41. The highest BCUT2D eigenvalue weighted by atomic mass is 16.5. The molecule has 0 spiro atoms. The molecule has 7 heteroatoms. The van der Waals surface area contributed by atoms with Crippen molar-refractivity contribution in [1.82, 2.24) is 20.1 Å². The molecule has 0 unspecified atom stereocenters. The van der Waals surface area contributed by atoms with E-state index in [4.69, 9.17) is 4.74 Å². The lowest BCUT2D eigenvalue weighted by Crippen LogP contribution is -2.27. The Morgan fingerprint density at radius 2 is 1.97 bits per heavy atom. The second-order valence-corrected chi connectivity index (χ2v) is 7.20. The van der Waals surface area contributed by atoms with Gasteiger partial charge in [-0.05, 0) is 49.7 Å². The van der Waals surface area contributed by atoms with Gasteiger partial charge in [0.2, 0.25) is 5.95 Å². The molecule has 0 saturated carbocycles. The number of ether oxygens (including phenoxy) is 1. The molecule has 7 nitrogen and oxygen atoms in total. The summed E-state index contributed by atoms with van der Waals surface area (Å²) in [5.74, 6) is 2.00. The van der Waals surface area contributed by atoms with E-state index >= 15 is 0 Å². The molecular weight excluding hydrogens is 366 g/mol. The molecule has 150 valence electrons. The van der Waals surface area contributed by atoms with Crippen molar-refractivity contribution >= 4 is 11.9 Å². The van der Waals surface area contributed by atoms with Gasteiger partial charge in [0.05, 0.1) is 0 Å². The maximum atomic E-state index is 12.7. The molecule has 1 aromatic heterocycles. The SMILES string of the molecule is Cn1nc(C2CCNCC2)nc1NC(=O)c1cccc(OCc2ccccc2)c1. The molecule has 0 atom stereocenters. The molecule has 2 N–H and O–H groups in total. The van der Waals surface area contributed by atoms with Crippen molar-refractivity contribution in [2.45, 2.75) is 25.4 Å². The second-order valence-electron chi connectivity index (χ2n) is 7.20. The van der Waals surface area contributed by atoms with Crippen LogP contribution in [0.2, 0.25) is 0 Å². The number of rotatable bonds is 6. The Bertz CT molecular complexity index is 964. The minimum Gasteiger partial charge on any atom is -0.489 e. The lowest BCUT2D eigenvalue weighted by molar-refractivity contribution is 0.102. The second kappa shape index (κ2) is 8.87. The number of nitrogens with zero attached hydrogens (tertiary/aromatic N) is 3. The maximum Gasteiger partial charge on any atom is 0.258 e. The maximum absolute atomic E-state index is 12.7. The van der Waals surface area contributed by atoms with Gasteiger partial charge in [0.1, 0.15) is 12.4 Å². The average molecular weight is 391 g/mol. The number of hydrogen-bond acceptors (Lipinski definition) is 5. The first-order valence-corrected chi connectivity index (χ1v) is 9.89. The summed E-state index contributed by atoms with van der Waals surface area (Å²) in [7, 11) is 1.80. The summed E-state index contributed by atoms with van der Waals surface area (Å²) >= 11 is 0. The van der Waals surface area contributed by atoms with Gasteiger partial charge >= 0.3 is 0 Å². The van der Waals surface area contributed by atoms with Crippen molar-refractivity contribution in [2.24, 2.45) is 7.05 Å². The molecule has 1 aliphatic heterocycles. The molecule has 2 aromatic carbocycles. The molecular formula is C22H25N5O2. The zero-order chi connectivity index (χ0) is 20.1. The molecule has 0 aliphatic carbocycles. The highest BCUT2D eigenvalue weighted by Crippen LogP contribution is 2.23. The van der Waals surface area contributed by atoms with E-state index in [1.54, 1.807) is 23.9 Å². The third-order valence-electron chi connectivity index (χ3n) is 5.05. The molecule has 1 amide bonds. The summed E-state index contributed by atoms with van der Waals surface area (Å²) in [4.78, 5) is 17.3. The van der Waals surface area contributed by atoms with E-state index in [1.807, 2.05) is 42.5 Å². The Labute approximate surface area is 170 Å². The first-order valence-electron chi connectivity index (χ1n) is 9.89. The number of piperidine rings is 1. The molecule has 4 rings (SSSR count). The Hall–Kier alpha value is -3.19. The van der Waals surface area contributed by atoms with E-state index < -0.39 is 0 Å². The van der Waals surface area contributed by atoms with Crippen LogP contribution in [0.3, 0.4) is 0 Å². The van der Waals surface area contributed by atoms with Gasteiger partial charge in [-0.3, -0.25) is 10.1 Å². The smallest absolute Gasteiger partial charge is 0.258 e. The van der Waals surface area contributed by atoms with Crippen molar-refractivity contribution in [3.63, 3.8) is 0 Å². The monoisotopic (exact) mass is 391 g/mol. The fourth-order valence-corrected chi connectivity index (χ4v) is 3.41. The Balaban J connectivity index is 1.41. The number of aromatic nitrogens is 3. The first kappa shape index (κ1) is 19.1. The summed E-state index contributed by atoms with van der Waals surface area (Å²) < 4.78 is 7.45. The summed E-state index contributed by atoms with van der Waals surface area (Å²) in [6.07, 6.45) is 2.02. The molecule has 2 heterocycles. The normalized spacial score (nSPS) is 14.5. The molecule has 1 aliphatic rings. The van der Waals surface area contributed by atoms with E-state index in [0.717, 1.165) is 37.3 Å². The van der Waals surface area contributed by atoms with Crippen molar-refractivity contribution < 1.29 is 9.53 Å². The molecule has 1 saturated heterocycles. The lowest BCUT2D eigenvalue weighted by atomic mass is 9.98. The average Bonchev–Trinajstić information content (AvgIpc) is 3.14. The number of aryl methyl sites for hydroxylation is 1. The van der Waals surface area contributed by atoms with Gasteiger partial charge in [0, 0.05) is 18.5 Å². The zero-order valence-corrected chi connectivity index (χ0v) is 16.5. The van der Waals surface area contributed by atoms with Crippen LogP contribution in [0, 0.1) is 0 Å². The van der Waals surface area contributed by atoms with Gasteiger partial charge in [-0.25, -0.2) is 4.68 Å². The number of nitrogens with one attached hydrogen (secondary N) is 2. The molecule has 0 radical (unpaired) electrons. The van der Waals surface area contributed by atoms with Crippen molar-refractivity contribution in [3.8, 4) is 5.75 Å². The number of carbonyl (C=O) groups excluding carboxylic acids is 1. The Morgan fingerprint density at radius 1 is 1.17 bits per heavy atom. The fraction of sp³-hybridized carbons (Fsp3) is 0.318. The van der Waals surface area contributed by atoms with Gasteiger partial charge < -0.3 is 10.1 Å². The van der Waals surface area contributed by atoms with Crippen molar-refractivity contribution in [1.29, 1.82) is 0 Å². The van der Waals surface area contributed by atoms with Crippen LogP contribution in [0.15, 0.2) is 54.6 Å². The van der Waals surface area contributed by atoms with Crippen molar-refractivity contribution in [3.05, 3.63) is 71.5 Å². The third kappa shape index (κ3) is 4.81. The topological polar surface area (TPSA) is 81.1 Å². The standard InChI is InChI=1S/C22H25N5O2/c1-27-22(24-20(26-27)17-10-12-23-13-11-17)25-21(28)18-8-5-9-19(14-18)29-15-16-6-3-2-4-7-16/h2-9,14,17,23H,10-13,15H2,1H3,(H,24,25,26,28). The predicted molar refractivity (Wildman–Crippen MR) is 111 cm³/mol. The molecule has 3 aromatic rings. The van der Waals surface area contributed by atoms with Gasteiger partial charge in [0.25, 0.3) is 5.91 Å². The van der Waals surface area contributed by atoms with E-state index in [1.165, 1.54) is 0 Å². The van der Waals surface area contributed by atoms with E-state index in [-0.39, 0.29) is 5.91 Å². The largest absolute Gasteiger partial charge is 0.489 e. The van der Waals surface area contributed by atoms with Crippen LogP contribution in [0.4, 0.5) is 5.95 Å². The van der Waals surface area contributed by atoms with Gasteiger partial charge in [0.15, 0.2) is 5.82 Å². The Kier molecular flexibility index (Phi) is 5.86. The van der Waals surface area contributed by atoms with Crippen LogP contribution >= 0.6 is 0 Å². The van der Waals surface area contributed by atoms with E-state index in [9.17, 15) is 4.79 Å². The minimum atomic E-state index is -0.234. The zero-order valence-electron chi connectivity index (χ0n) is 16.5. The van der Waals surface area contributed by atoms with Gasteiger partial charge in [-0.15, -0.1) is 0 Å². The van der Waals surface area contributed by atoms with E-state index in [2.05, 4.69) is 20.7 Å². The number of carbonyl (C=O) groups is 1. The summed E-state index contributed by atoms with van der Waals surface area (Å²) in [5.41, 5.74) is 1.59. The number of benzene rings is 2. The number of hydrogen-bond donors (Lipinski definition) is 2. The Morgan fingerprint density at radius 3 is 2.76 bits per heavy atom. The van der Waals surface area contributed by atoms with Crippen LogP contribution in [0.1, 0.15) is 40.5 Å². The van der Waals surface area contributed by atoms with E-state index in [0.29, 0.717) is 29.8 Å². The minimum absolute atomic E-state index is 0.234. The number of anilines is 1. The van der Waals surface area contributed by atoms with Gasteiger partial charge in [-0.2, -0.15) is 10.1 Å². The quantitative estimate of drug-likeness (QED) is 0.675. The predicted octanol–water partition coefficient (Wildman–Crippen LogP) is 3.11. The third-order valence-corrected chi connectivity index (χ3v) is 5.05. The lowest BCUT2D eigenvalue weighted by Gasteiger charge is -2.19. The highest BCUT2D eigenvalue weighted by Gasteiger charge is 2.21. The van der Waals surface area contributed by atoms with Crippen LogP contribution < -0.4 is 15.4 Å². The summed E-state index contributed by atoms with van der Waals surface area (Å²) in [6.45, 7) is 2.40. The highest BCUT2D eigenvalue weighted by molar-refractivity contribution is 6.03. The number of amides is 1. The van der Waals surface area contributed by atoms with Gasteiger partial charge in [-0.1, -0.05) is 36.4 Å². The first-order chi connectivity index (χ1) is 14.2. The van der Waals surface area contributed by atoms with Crippen LogP contribution in [-0.4, -0.2) is 33.8 Å².